The fraction of sp³-hybridized carbons (Fsp3) is 1.00. The molecular weight excluding hydrogens is 386 g/mol. The first-order valence-electron chi connectivity index (χ1n) is 15.6. The molecule has 194 valence electrons. The van der Waals surface area contributed by atoms with Crippen LogP contribution in [0.25, 0.3) is 0 Å². The highest BCUT2D eigenvalue weighted by atomic mass is 15.1. The van der Waals surface area contributed by atoms with Gasteiger partial charge in [-0.15, -0.1) is 0 Å². The van der Waals surface area contributed by atoms with Gasteiger partial charge >= 0.3 is 0 Å². The van der Waals surface area contributed by atoms with Crippen molar-refractivity contribution >= 4 is 0 Å². The molecule has 0 aromatic rings. The van der Waals surface area contributed by atoms with E-state index < -0.39 is 0 Å². The highest BCUT2D eigenvalue weighted by Gasteiger charge is 2.05. The Kier molecular flexibility index (Phi) is 29.0. The maximum Gasteiger partial charge on any atom is -0.00187 e. The van der Waals surface area contributed by atoms with Crippen LogP contribution in [0.3, 0.4) is 0 Å². The molecule has 0 saturated heterocycles. The highest BCUT2D eigenvalue weighted by Crippen LogP contribution is 2.13. The van der Waals surface area contributed by atoms with Crippen LogP contribution in [0.1, 0.15) is 181 Å². The first-order chi connectivity index (χ1) is 15.8. The van der Waals surface area contributed by atoms with Gasteiger partial charge in [-0.05, 0) is 38.9 Å². The molecule has 0 N–H and O–H groups in total. The summed E-state index contributed by atoms with van der Waals surface area (Å²) in [5.41, 5.74) is 0. The van der Waals surface area contributed by atoms with Crippen molar-refractivity contribution in [3.8, 4) is 0 Å². The number of nitrogens with zero attached hydrogens (tertiary/aromatic N) is 1. The van der Waals surface area contributed by atoms with Crippen molar-refractivity contribution in [3.63, 3.8) is 0 Å². The molecule has 0 unspecified atom stereocenters. The average molecular weight is 452 g/mol. The van der Waals surface area contributed by atoms with E-state index in [1.165, 1.54) is 180 Å². The molecule has 0 radical (unpaired) electrons. The first kappa shape index (κ1) is 32.0. The molecule has 1 heteroatoms. The summed E-state index contributed by atoms with van der Waals surface area (Å²) in [5.74, 6) is 0. The molecule has 1 nitrogen and oxygen atoms in total. The molecule has 0 spiro atoms. The van der Waals surface area contributed by atoms with Gasteiger partial charge in [-0.25, -0.2) is 0 Å². The van der Waals surface area contributed by atoms with Crippen molar-refractivity contribution < 1.29 is 0 Å². The lowest BCUT2D eigenvalue weighted by atomic mass is 10.1. The van der Waals surface area contributed by atoms with Gasteiger partial charge in [-0.3, -0.25) is 0 Å². The zero-order chi connectivity index (χ0) is 23.4. The maximum absolute atomic E-state index is 2.82. The minimum absolute atomic E-state index is 1.36. The van der Waals surface area contributed by atoms with E-state index in [-0.39, 0.29) is 0 Å². The molecule has 0 aliphatic heterocycles. The zero-order valence-electron chi connectivity index (χ0n) is 23.2. The average Bonchev–Trinajstić information content (AvgIpc) is 2.80. The third-order valence-corrected chi connectivity index (χ3v) is 7.23. The van der Waals surface area contributed by atoms with Crippen molar-refractivity contribution in [1.29, 1.82) is 0 Å². The highest BCUT2D eigenvalue weighted by molar-refractivity contribution is 4.60. The van der Waals surface area contributed by atoms with Crippen LogP contribution in [0.15, 0.2) is 0 Å². The van der Waals surface area contributed by atoms with Crippen LogP contribution in [0.2, 0.25) is 0 Å². The third-order valence-electron chi connectivity index (χ3n) is 7.23. The minimum Gasteiger partial charge on any atom is -0.303 e. The second-order valence-electron chi connectivity index (χ2n) is 10.6. The largest absolute Gasteiger partial charge is 0.303 e. The quantitative estimate of drug-likeness (QED) is 0.107. The van der Waals surface area contributed by atoms with E-state index in [9.17, 15) is 0 Å². The summed E-state index contributed by atoms with van der Waals surface area (Å²) >= 11 is 0. The lowest BCUT2D eigenvalue weighted by molar-refractivity contribution is 0.254. The minimum atomic E-state index is 1.36. The van der Waals surface area contributed by atoms with Gasteiger partial charge in [0.15, 0.2) is 0 Å². The normalized spacial score (nSPS) is 11.6. The molecule has 0 rings (SSSR count). The van der Waals surface area contributed by atoms with E-state index in [2.05, 4.69) is 25.7 Å². The number of rotatable bonds is 28. The van der Waals surface area contributed by atoms with Crippen LogP contribution >= 0.6 is 0 Å². The van der Waals surface area contributed by atoms with Crippen molar-refractivity contribution in [1.82, 2.24) is 4.90 Å². The summed E-state index contributed by atoms with van der Waals surface area (Å²) < 4.78 is 0. The van der Waals surface area contributed by atoms with Crippen molar-refractivity contribution in [2.75, 3.05) is 19.6 Å². The molecular formula is C31H65N. The van der Waals surface area contributed by atoms with E-state index in [1.54, 1.807) is 0 Å². The lowest BCUT2D eigenvalue weighted by Gasteiger charge is -2.22. The van der Waals surface area contributed by atoms with E-state index in [0.717, 1.165) is 0 Å². The Morgan fingerprint density at radius 2 is 0.438 bits per heavy atom. The van der Waals surface area contributed by atoms with Crippen molar-refractivity contribution in [2.45, 2.75) is 181 Å². The van der Waals surface area contributed by atoms with Gasteiger partial charge in [0.25, 0.3) is 0 Å². The van der Waals surface area contributed by atoms with Crippen LogP contribution in [0.5, 0.6) is 0 Å². The lowest BCUT2D eigenvalue weighted by Crippen LogP contribution is -2.27. The molecule has 0 bridgehead atoms. The molecule has 0 amide bonds. The monoisotopic (exact) mass is 452 g/mol. The molecule has 0 aliphatic rings. The van der Waals surface area contributed by atoms with Gasteiger partial charge < -0.3 is 4.90 Å². The molecule has 0 aromatic heterocycles. The Bertz CT molecular complexity index is 290. The van der Waals surface area contributed by atoms with Crippen LogP contribution in [-0.2, 0) is 0 Å². The number of hydrogen-bond acceptors (Lipinski definition) is 1. The Morgan fingerprint density at radius 1 is 0.250 bits per heavy atom. The predicted molar refractivity (Wildman–Crippen MR) is 149 cm³/mol. The fourth-order valence-corrected chi connectivity index (χ4v) is 4.92. The van der Waals surface area contributed by atoms with Gasteiger partial charge in [-0.1, -0.05) is 162 Å². The van der Waals surface area contributed by atoms with Crippen LogP contribution in [-0.4, -0.2) is 24.5 Å². The summed E-state index contributed by atoms with van der Waals surface area (Å²) in [6.07, 6.45) is 36.2. The molecule has 0 atom stereocenters. The fourth-order valence-electron chi connectivity index (χ4n) is 4.92. The predicted octanol–water partition coefficient (Wildman–Crippen LogP) is 11.1. The summed E-state index contributed by atoms with van der Waals surface area (Å²) in [7, 11) is 0. The maximum atomic E-state index is 2.82. The SMILES string of the molecule is CCCCCCCCCCCCN(CCCCCCC)CCCCCCCCCCCC. The van der Waals surface area contributed by atoms with Crippen LogP contribution in [0.4, 0.5) is 0 Å². The van der Waals surface area contributed by atoms with Crippen LogP contribution in [0, 0.1) is 0 Å². The molecule has 0 fully saturated rings. The van der Waals surface area contributed by atoms with Crippen molar-refractivity contribution in [2.24, 2.45) is 0 Å². The molecule has 0 aromatic carbocycles. The second-order valence-corrected chi connectivity index (χ2v) is 10.6. The zero-order valence-corrected chi connectivity index (χ0v) is 23.2. The van der Waals surface area contributed by atoms with Gasteiger partial charge in [-0.2, -0.15) is 0 Å². The Balaban J connectivity index is 3.74. The van der Waals surface area contributed by atoms with Gasteiger partial charge in [0.05, 0.1) is 0 Å². The summed E-state index contributed by atoms with van der Waals surface area (Å²) in [6.45, 7) is 11.0. The standard InChI is InChI=1S/C31H65N/c1-4-7-10-13-15-17-19-21-24-27-30-32(29-26-23-12-9-6-3)31-28-25-22-20-18-16-14-11-8-5-2/h4-31H2,1-3H3. The molecule has 0 heterocycles. The van der Waals surface area contributed by atoms with Gasteiger partial charge in [0, 0.05) is 0 Å². The first-order valence-corrected chi connectivity index (χ1v) is 15.6. The summed E-state index contributed by atoms with van der Waals surface area (Å²) in [6, 6.07) is 0. The third kappa shape index (κ3) is 26.2. The summed E-state index contributed by atoms with van der Waals surface area (Å²) in [4.78, 5) is 2.82. The Labute approximate surface area is 205 Å². The smallest absolute Gasteiger partial charge is 0.00187 e. The Morgan fingerprint density at radius 3 is 0.656 bits per heavy atom. The van der Waals surface area contributed by atoms with E-state index in [1.807, 2.05) is 0 Å². The topological polar surface area (TPSA) is 3.24 Å². The Hall–Kier alpha value is -0.0400. The van der Waals surface area contributed by atoms with Crippen molar-refractivity contribution in [3.05, 3.63) is 0 Å². The molecule has 32 heavy (non-hydrogen) atoms. The van der Waals surface area contributed by atoms with E-state index in [0.29, 0.717) is 0 Å². The number of unbranched alkanes of at least 4 members (excludes halogenated alkanes) is 22. The van der Waals surface area contributed by atoms with Gasteiger partial charge in [0.1, 0.15) is 0 Å². The van der Waals surface area contributed by atoms with Crippen LogP contribution < -0.4 is 0 Å². The molecule has 0 aliphatic carbocycles. The van der Waals surface area contributed by atoms with E-state index in [4.69, 9.17) is 0 Å². The van der Waals surface area contributed by atoms with Gasteiger partial charge in [0.2, 0.25) is 0 Å². The summed E-state index contributed by atoms with van der Waals surface area (Å²) in [5, 5.41) is 0. The number of hydrogen-bond donors (Lipinski definition) is 0. The second kappa shape index (κ2) is 29.0. The van der Waals surface area contributed by atoms with E-state index >= 15 is 0 Å². The molecule has 0 saturated carbocycles.